The topological polar surface area (TPSA) is 41.4 Å². The third-order valence-corrected chi connectivity index (χ3v) is 4.84. The molecule has 0 unspecified atom stereocenters. The number of hydrogen-bond donors (Lipinski definition) is 0. The highest BCUT2D eigenvalue weighted by Crippen LogP contribution is 2.12. The molecule has 1 fully saturated rings. The summed E-state index contributed by atoms with van der Waals surface area (Å²) < 4.78 is 2.07. The van der Waals surface area contributed by atoms with Gasteiger partial charge in [-0.1, -0.05) is 0 Å². The van der Waals surface area contributed by atoms with E-state index in [1.54, 1.807) is 11.3 Å². The summed E-state index contributed by atoms with van der Waals surface area (Å²) in [5.41, 5.74) is 3.11. The van der Waals surface area contributed by atoms with E-state index >= 15 is 0 Å². The molecule has 6 heteroatoms. The maximum absolute atomic E-state index is 12.3. The summed E-state index contributed by atoms with van der Waals surface area (Å²) in [7, 11) is 0. The summed E-state index contributed by atoms with van der Waals surface area (Å²) >= 11 is 1.57. The quantitative estimate of drug-likeness (QED) is 0.866. The van der Waals surface area contributed by atoms with E-state index in [2.05, 4.69) is 27.7 Å². The van der Waals surface area contributed by atoms with Gasteiger partial charge in [-0.3, -0.25) is 14.4 Å². The Morgan fingerprint density at radius 1 is 1.23 bits per heavy atom. The third kappa shape index (κ3) is 3.39. The van der Waals surface area contributed by atoms with Gasteiger partial charge in [-0.15, -0.1) is 0 Å². The SMILES string of the molecule is Cc1cc(C)n(CCN2CCN(C(=O)c3ccsc3)CC2)n1. The van der Waals surface area contributed by atoms with Crippen molar-refractivity contribution in [3.63, 3.8) is 0 Å². The lowest BCUT2D eigenvalue weighted by atomic mass is 10.2. The molecular formula is C16H22N4OS. The van der Waals surface area contributed by atoms with E-state index in [1.807, 2.05) is 28.7 Å². The zero-order valence-corrected chi connectivity index (χ0v) is 14.0. The molecule has 22 heavy (non-hydrogen) atoms. The number of aryl methyl sites for hydroxylation is 2. The Balaban J connectivity index is 1.48. The molecular weight excluding hydrogens is 296 g/mol. The molecule has 0 spiro atoms. The standard InChI is InChI=1S/C16H22N4OS/c1-13-11-14(2)20(17-13)9-6-18-4-7-19(8-5-18)16(21)15-3-10-22-12-15/h3,10-12H,4-9H2,1-2H3. The van der Waals surface area contributed by atoms with Gasteiger partial charge in [0.05, 0.1) is 17.8 Å². The fourth-order valence-electron chi connectivity index (χ4n) is 2.88. The van der Waals surface area contributed by atoms with Gasteiger partial charge in [-0.05, 0) is 31.4 Å². The summed E-state index contributed by atoms with van der Waals surface area (Å²) in [5, 5.41) is 8.38. The van der Waals surface area contributed by atoms with Gasteiger partial charge in [-0.25, -0.2) is 0 Å². The van der Waals surface area contributed by atoms with Crippen LogP contribution >= 0.6 is 11.3 Å². The summed E-state index contributed by atoms with van der Waals surface area (Å²) in [6, 6.07) is 4.01. The molecule has 0 aliphatic carbocycles. The van der Waals surface area contributed by atoms with Gasteiger partial charge < -0.3 is 4.90 Å². The minimum Gasteiger partial charge on any atom is -0.336 e. The van der Waals surface area contributed by atoms with E-state index in [1.165, 1.54) is 5.69 Å². The second-order valence-corrected chi connectivity index (χ2v) is 6.58. The van der Waals surface area contributed by atoms with E-state index in [0.717, 1.165) is 50.5 Å². The zero-order chi connectivity index (χ0) is 15.5. The fourth-order valence-corrected chi connectivity index (χ4v) is 3.51. The molecule has 0 bridgehead atoms. The average Bonchev–Trinajstić information content (AvgIpc) is 3.15. The van der Waals surface area contributed by atoms with Crippen LogP contribution in [0.4, 0.5) is 0 Å². The molecule has 0 radical (unpaired) electrons. The molecule has 0 N–H and O–H groups in total. The predicted molar refractivity (Wildman–Crippen MR) is 88.4 cm³/mol. The number of nitrogens with zero attached hydrogens (tertiary/aromatic N) is 4. The van der Waals surface area contributed by atoms with Crippen LogP contribution in [-0.4, -0.2) is 58.2 Å². The van der Waals surface area contributed by atoms with Gasteiger partial charge in [-0.2, -0.15) is 16.4 Å². The first-order chi connectivity index (χ1) is 10.6. The molecule has 3 heterocycles. The summed E-state index contributed by atoms with van der Waals surface area (Å²) in [6.07, 6.45) is 0. The van der Waals surface area contributed by atoms with E-state index in [0.29, 0.717) is 0 Å². The van der Waals surface area contributed by atoms with Crippen molar-refractivity contribution in [3.8, 4) is 0 Å². The van der Waals surface area contributed by atoms with Crippen LogP contribution in [0, 0.1) is 13.8 Å². The Kier molecular flexibility index (Phi) is 4.59. The van der Waals surface area contributed by atoms with Crippen LogP contribution in [0.25, 0.3) is 0 Å². The fraction of sp³-hybridized carbons (Fsp3) is 0.500. The number of carbonyl (C=O) groups excluding carboxylic acids is 1. The summed E-state index contributed by atoms with van der Waals surface area (Å²) in [6.45, 7) is 9.53. The molecule has 1 amide bonds. The van der Waals surface area contributed by atoms with Crippen LogP contribution in [0.1, 0.15) is 21.7 Å². The van der Waals surface area contributed by atoms with Gasteiger partial charge in [0.2, 0.25) is 0 Å². The first-order valence-electron chi connectivity index (χ1n) is 7.68. The van der Waals surface area contributed by atoms with Gasteiger partial charge >= 0.3 is 0 Å². The van der Waals surface area contributed by atoms with Gasteiger partial charge in [0.15, 0.2) is 0 Å². The van der Waals surface area contributed by atoms with E-state index in [-0.39, 0.29) is 5.91 Å². The minimum atomic E-state index is 0.166. The number of carbonyl (C=O) groups is 1. The summed E-state index contributed by atoms with van der Waals surface area (Å²) in [5.74, 6) is 0.166. The molecule has 3 rings (SSSR count). The second kappa shape index (κ2) is 6.62. The Bertz CT molecular complexity index is 627. The number of rotatable bonds is 4. The first-order valence-corrected chi connectivity index (χ1v) is 8.62. The normalized spacial score (nSPS) is 16.2. The van der Waals surface area contributed by atoms with Crippen LogP contribution in [-0.2, 0) is 6.54 Å². The van der Waals surface area contributed by atoms with Crippen molar-refractivity contribution < 1.29 is 4.79 Å². The van der Waals surface area contributed by atoms with Crippen molar-refractivity contribution in [1.82, 2.24) is 19.6 Å². The van der Waals surface area contributed by atoms with E-state index in [9.17, 15) is 4.79 Å². The Morgan fingerprint density at radius 3 is 2.59 bits per heavy atom. The molecule has 118 valence electrons. The lowest BCUT2D eigenvalue weighted by Crippen LogP contribution is -2.49. The lowest BCUT2D eigenvalue weighted by Gasteiger charge is -2.34. The highest BCUT2D eigenvalue weighted by molar-refractivity contribution is 7.08. The number of hydrogen-bond acceptors (Lipinski definition) is 4. The van der Waals surface area contributed by atoms with Crippen LogP contribution in [0.3, 0.4) is 0 Å². The smallest absolute Gasteiger partial charge is 0.254 e. The van der Waals surface area contributed by atoms with E-state index < -0.39 is 0 Å². The van der Waals surface area contributed by atoms with Gasteiger partial charge in [0, 0.05) is 43.8 Å². The molecule has 1 aliphatic heterocycles. The number of aromatic nitrogens is 2. The monoisotopic (exact) mass is 318 g/mol. The molecule has 2 aromatic rings. The Labute approximate surface area is 135 Å². The largest absolute Gasteiger partial charge is 0.336 e. The molecule has 0 aromatic carbocycles. The Morgan fingerprint density at radius 2 is 2.00 bits per heavy atom. The molecule has 2 aromatic heterocycles. The summed E-state index contributed by atoms with van der Waals surface area (Å²) in [4.78, 5) is 16.7. The number of piperazine rings is 1. The maximum atomic E-state index is 12.3. The van der Waals surface area contributed by atoms with Crippen molar-refractivity contribution in [1.29, 1.82) is 0 Å². The first kappa shape index (κ1) is 15.2. The Hall–Kier alpha value is -1.66. The highest BCUT2D eigenvalue weighted by Gasteiger charge is 2.22. The molecule has 5 nitrogen and oxygen atoms in total. The van der Waals surface area contributed by atoms with Crippen molar-refractivity contribution in [2.75, 3.05) is 32.7 Å². The third-order valence-electron chi connectivity index (χ3n) is 4.16. The molecule has 0 saturated carbocycles. The average molecular weight is 318 g/mol. The van der Waals surface area contributed by atoms with Crippen molar-refractivity contribution in [3.05, 3.63) is 39.8 Å². The van der Waals surface area contributed by atoms with Crippen LogP contribution in [0.2, 0.25) is 0 Å². The molecule has 0 atom stereocenters. The van der Waals surface area contributed by atoms with E-state index in [4.69, 9.17) is 0 Å². The number of amides is 1. The van der Waals surface area contributed by atoms with Crippen molar-refractivity contribution in [2.24, 2.45) is 0 Å². The number of thiophene rings is 1. The van der Waals surface area contributed by atoms with Crippen molar-refractivity contribution in [2.45, 2.75) is 20.4 Å². The van der Waals surface area contributed by atoms with Gasteiger partial charge in [0.25, 0.3) is 5.91 Å². The second-order valence-electron chi connectivity index (χ2n) is 5.80. The molecule has 1 saturated heterocycles. The van der Waals surface area contributed by atoms with Crippen LogP contribution in [0.5, 0.6) is 0 Å². The van der Waals surface area contributed by atoms with Crippen molar-refractivity contribution >= 4 is 17.2 Å². The van der Waals surface area contributed by atoms with Crippen LogP contribution in [0.15, 0.2) is 22.9 Å². The molecule has 1 aliphatic rings. The zero-order valence-electron chi connectivity index (χ0n) is 13.2. The lowest BCUT2D eigenvalue weighted by molar-refractivity contribution is 0.0632. The van der Waals surface area contributed by atoms with Gasteiger partial charge in [0.1, 0.15) is 0 Å². The van der Waals surface area contributed by atoms with Crippen LogP contribution < -0.4 is 0 Å². The predicted octanol–water partition coefficient (Wildman–Crippen LogP) is 2.02. The maximum Gasteiger partial charge on any atom is 0.254 e. The highest BCUT2D eigenvalue weighted by atomic mass is 32.1. The minimum absolute atomic E-state index is 0.166.